The van der Waals surface area contributed by atoms with Crippen LogP contribution in [0.2, 0.25) is 0 Å². The van der Waals surface area contributed by atoms with Crippen LogP contribution in [0.5, 0.6) is 0 Å². The molecule has 2 heterocycles. The number of thioether (sulfide) groups is 1. The van der Waals surface area contributed by atoms with Gasteiger partial charge in [-0.25, -0.2) is 21.9 Å². The monoisotopic (exact) mass is 476 g/mol. The van der Waals surface area contributed by atoms with Crippen molar-refractivity contribution in [1.29, 1.82) is 0 Å². The molecule has 29 heavy (non-hydrogen) atoms. The van der Waals surface area contributed by atoms with Crippen LogP contribution in [0.1, 0.15) is 11.3 Å². The second-order valence-electron chi connectivity index (χ2n) is 5.51. The Labute approximate surface area is 177 Å². The normalized spacial score (nSPS) is 11.5. The van der Waals surface area contributed by atoms with Gasteiger partial charge in [0.2, 0.25) is 21.1 Å². The lowest BCUT2D eigenvalue weighted by atomic mass is 10.3. The van der Waals surface area contributed by atoms with Crippen molar-refractivity contribution in [3.8, 4) is 0 Å². The fourth-order valence-electron chi connectivity index (χ4n) is 2.05. The van der Waals surface area contributed by atoms with Gasteiger partial charge in [0.1, 0.15) is 0 Å². The van der Waals surface area contributed by atoms with Gasteiger partial charge in [0, 0.05) is 23.6 Å². The summed E-state index contributed by atoms with van der Waals surface area (Å²) in [6.07, 6.45) is -0.167. The summed E-state index contributed by atoms with van der Waals surface area (Å²) < 4.78 is 53.1. The van der Waals surface area contributed by atoms with Crippen LogP contribution in [0.15, 0.2) is 44.9 Å². The van der Waals surface area contributed by atoms with E-state index in [4.69, 9.17) is 0 Å². The Morgan fingerprint density at radius 2 is 2.00 bits per heavy atom. The number of hydrogen-bond acceptors (Lipinski definition) is 8. The van der Waals surface area contributed by atoms with Gasteiger partial charge < -0.3 is 5.32 Å². The molecule has 0 aliphatic carbocycles. The zero-order valence-corrected chi connectivity index (χ0v) is 17.9. The number of benzene rings is 1. The van der Waals surface area contributed by atoms with E-state index in [9.17, 15) is 22.0 Å². The van der Waals surface area contributed by atoms with E-state index in [1.807, 2.05) is 17.5 Å². The number of nitrogens with one attached hydrogen (secondary N) is 2. The Morgan fingerprint density at radius 3 is 2.72 bits per heavy atom. The van der Waals surface area contributed by atoms with Crippen LogP contribution in [0.3, 0.4) is 0 Å². The predicted molar refractivity (Wildman–Crippen MR) is 109 cm³/mol. The van der Waals surface area contributed by atoms with Gasteiger partial charge in [-0.2, -0.15) is 0 Å². The maximum atomic E-state index is 13.2. The van der Waals surface area contributed by atoms with E-state index in [1.54, 1.807) is 11.3 Å². The van der Waals surface area contributed by atoms with Crippen LogP contribution in [0.25, 0.3) is 0 Å². The van der Waals surface area contributed by atoms with Gasteiger partial charge in [-0.3, -0.25) is 4.79 Å². The number of thiophene rings is 1. The van der Waals surface area contributed by atoms with E-state index >= 15 is 0 Å². The minimum Gasteiger partial charge on any atom is -0.300 e. The van der Waals surface area contributed by atoms with Crippen LogP contribution in [-0.4, -0.2) is 31.1 Å². The van der Waals surface area contributed by atoms with E-state index < -0.39 is 32.5 Å². The van der Waals surface area contributed by atoms with Crippen LogP contribution < -0.4 is 10.0 Å². The largest absolute Gasteiger partial charge is 0.300 e. The number of sulfonamides is 1. The fraction of sp³-hybridized carbons (Fsp3) is 0.188. The molecular formula is C16H14F2N4O3S4. The van der Waals surface area contributed by atoms with Crippen molar-refractivity contribution >= 4 is 55.5 Å². The van der Waals surface area contributed by atoms with E-state index in [2.05, 4.69) is 20.2 Å². The zero-order chi connectivity index (χ0) is 20.9. The van der Waals surface area contributed by atoms with Crippen LogP contribution in [-0.2, 0) is 20.6 Å². The van der Waals surface area contributed by atoms with E-state index in [-0.39, 0.29) is 13.0 Å². The second kappa shape index (κ2) is 9.71. The molecule has 154 valence electrons. The molecule has 1 aromatic carbocycles. The quantitative estimate of drug-likeness (QED) is 0.362. The Bertz CT molecular complexity index is 1090. The highest BCUT2D eigenvalue weighted by Gasteiger charge is 2.17. The third kappa shape index (κ3) is 6.27. The molecule has 0 saturated carbocycles. The van der Waals surface area contributed by atoms with Crippen molar-refractivity contribution in [3.05, 3.63) is 52.2 Å². The number of carbonyl (C=O) groups is 1. The zero-order valence-electron chi connectivity index (χ0n) is 14.6. The fourth-order valence-corrected chi connectivity index (χ4v) is 5.64. The number of hydrogen-bond donors (Lipinski definition) is 2. The Balaban J connectivity index is 1.45. The van der Waals surface area contributed by atoms with Crippen molar-refractivity contribution in [2.24, 2.45) is 0 Å². The van der Waals surface area contributed by atoms with Gasteiger partial charge in [0.25, 0.3) is 0 Å². The lowest BCUT2D eigenvalue weighted by Crippen LogP contribution is -2.28. The molecule has 7 nitrogen and oxygen atoms in total. The standard InChI is InChI=1S/C16H14F2N4O3S4/c17-12-4-3-11(8-13(12)18)29(24,25)19-6-5-14(23)20-15-21-22-16(28-15)27-9-10-2-1-7-26-10/h1-4,7-8,19H,5-6,9H2,(H,20,21,23). The van der Waals surface area contributed by atoms with Gasteiger partial charge in [0.15, 0.2) is 16.0 Å². The molecule has 0 bridgehead atoms. The lowest BCUT2D eigenvalue weighted by molar-refractivity contribution is -0.116. The first-order valence-electron chi connectivity index (χ1n) is 8.07. The molecule has 0 unspecified atom stereocenters. The summed E-state index contributed by atoms with van der Waals surface area (Å²) in [6, 6.07) is 6.22. The summed E-state index contributed by atoms with van der Waals surface area (Å²) in [4.78, 5) is 12.7. The van der Waals surface area contributed by atoms with Crippen molar-refractivity contribution < 1.29 is 22.0 Å². The van der Waals surface area contributed by atoms with Gasteiger partial charge in [0.05, 0.1) is 4.90 Å². The number of rotatable bonds is 9. The molecule has 3 rings (SSSR count). The predicted octanol–water partition coefficient (Wildman–Crippen LogP) is 3.48. The molecule has 1 amide bonds. The molecular weight excluding hydrogens is 462 g/mol. The molecule has 0 aliphatic rings. The summed E-state index contributed by atoms with van der Waals surface area (Å²) in [5.41, 5.74) is 0. The van der Waals surface area contributed by atoms with Gasteiger partial charge in [-0.05, 0) is 29.6 Å². The Morgan fingerprint density at radius 1 is 1.17 bits per heavy atom. The van der Waals surface area contributed by atoms with E-state index in [0.717, 1.165) is 17.9 Å². The number of nitrogens with zero attached hydrogens (tertiary/aromatic N) is 2. The summed E-state index contributed by atoms with van der Waals surface area (Å²) >= 11 is 4.36. The molecule has 3 aromatic rings. The van der Waals surface area contributed by atoms with E-state index in [0.29, 0.717) is 15.5 Å². The maximum absolute atomic E-state index is 13.2. The molecule has 0 radical (unpaired) electrons. The van der Waals surface area contributed by atoms with Crippen molar-refractivity contribution in [1.82, 2.24) is 14.9 Å². The minimum atomic E-state index is -4.06. The number of carbonyl (C=O) groups excluding carboxylic acids is 1. The average Bonchev–Trinajstić information content (AvgIpc) is 3.33. The van der Waals surface area contributed by atoms with Gasteiger partial charge in [-0.1, -0.05) is 29.2 Å². The summed E-state index contributed by atoms with van der Waals surface area (Å²) in [6.45, 7) is -0.216. The molecule has 0 aliphatic heterocycles. The summed E-state index contributed by atoms with van der Waals surface area (Å²) in [7, 11) is -4.06. The van der Waals surface area contributed by atoms with Crippen LogP contribution >= 0.6 is 34.4 Å². The summed E-state index contributed by atoms with van der Waals surface area (Å²) in [5, 5.41) is 12.7. The highest BCUT2D eigenvalue weighted by molar-refractivity contribution is 8.00. The molecule has 13 heteroatoms. The Kier molecular flexibility index (Phi) is 7.29. The number of aromatic nitrogens is 2. The summed E-state index contributed by atoms with van der Waals surface area (Å²) in [5.74, 6) is -2.11. The maximum Gasteiger partial charge on any atom is 0.240 e. The molecule has 0 fully saturated rings. The third-order valence-electron chi connectivity index (χ3n) is 3.42. The van der Waals surface area contributed by atoms with E-state index in [1.165, 1.54) is 28.0 Å². The Hall–Kier alpha value is -1.93. The molecule has 0 saturated heterocycles. The third-order valence-corrected chi connectivity index (χ3v) is 7.95. The molecule has 0 spiro atoms. The van der Waals surface area contributed by atoms with Crippen molar-refractivity contribution in [3.63, 3.8) is 0 Å². The van der Waals surface area contributed by atoms with Crippen LogP contribution in [0, 0.1) is 11.6 Å². The first kappa shape index (κ1) is 21.8. The average molecular weight is 477 g/mol. The lowest BCUT2D eigenvalue weighted by Gasteiger charge is -2.07. The van der Waals surface area contributed by atoms with Crippen LogP contribution in [0.4, 0.5) is 13.9 Å². The van der Waals surface area contributed by atoms with Crippen molar-refractivity contribution in [2.75, 3.05) is 11.9 Å². The first-order valence-corrected chi connectivity index (χ1v) is 12.2. The minimum absolute atomic E-state index is 0.167. The first-order chi connectivity index (χ1) is 13.8. The number of anilines is 1. The second-order valence-corrected chi connectivity index (χ2v) is 10.5. The smallest absolute Gasteiger partial charge is 0.240 e. The highest BCUT2D eigenvalue weighted by Crippen LogP contribution is 2.29. The van der Waals surface area contributed by atoms with Crippen molar-refractivity contribution in [2.45, 2.75) is 21.4 Å². The number of halogens is 2. The van der Waals surface area contributed by atoms with Gasteiger partial charge in [-0.15, -0.1) is 21.5 Å². The van der Waals surface area contributed by atoms with Gasteiger partial charge >= 0.3 is 0 Å². The number of amides is 1. The molecule has 2 N–H and O–H groups in total. The molecule has 0 atom stereocenters. The molecule has 2 aromatic heterocycles. The highest BCUT2D eigenvalue weighted by atomic mass is 32.2. The topological polar surface area (TPSA) is 101 Å². The SMILES string of the molecule is O=C(CCNS(=O)(=O)c1ccc(F)c(F)c1)Nc1nnc(SCc2cccs2)s1.